The molecule has 164 valence electrons. The van der Waals surface area contributed by atoms with Crippen LogP contribution in [0.4, 0.5) is 13.2 Å². The first-order chi connectivity index (χ1) is 16.0. The molecule has 5 rings (SSSR count). The average Bonchev–Trinajstić information content (AvgIpc) is 3.45. The van der Waals surface area contributed by atoms with Crippen molar-refractivity contribution in [2.45, 2.75) is 12.7 Å². The number of H-pyrrole nitrogens is 1. The fourth-order valence-corrected chi connectivity index (χ4v) is 3.96. The van der Waals surface area contributed by atoms with E-state index in [4.69, 9.17) is 0 Å². The lowest BCUT2D eigenvalue weighted by atomic mass is 10.0. The summed E-state index contributed by atoms with van der Waals surface area (Å²) in [5, 5.41) is 1.19. The summed E-state index contributed by atoms with van der Waals surface area (Å²) < 4.78 is 40.3. The van der Waals surface area contributed by atoms with E-state index >= 15 is 0 Å². The number of hydrogen-bond donors (Lipinski definition) is 1. The van der Waals surface area contributed by atoms with Crippen LogP contribution in [0.15, 0.2) is 97.3 Å². The third-order valence-corrected chi connectivity index (χ3v) is 5.69. The van der Waals surface area contributed by atoms with Gasteiger partial charge >= 0.3 is 6.18 Å². The summed E-state index contributed by atoms with van der Waals surface area (Å²) in [6.07, 6.45) is 3.39. The highest BCUT2D eigenvalue weighted by Gasteiger charge is 2.29. The van der Waals surface area contributed by atoms with Gasteiger partial charge in [-0.3, -0.25) is 0 Å². The minimum Gasteiger partial charge on any atom is -0.361 e. The molecule has 0 bridgehead atoms. The van der Waals surface area contributed by atoms with Crippen LogP contribution in [0.1, 0.15) is 22.4 Å². The predicted molar refractivity (Wildman–Crippen MR) is 128 cm³/mol. The second kappa shape index (κ2) is 8.51. The number of aromatic amines is 1. The van der Waals surface area contributed by atoms with E-state index < -0.39 is 11.7 Å². The lowest BCUT2D eigenvalue weighted by Gasteiger charge is -2.06. The fourth-order valence-electron chi connectivity index (χ4n) is 3.96. The van der Waals surface area contributed by atoms with Crippen LogP contribution < -0.4 is 0 Å². The van der Waals surface area contributed by atoms with E-state index in [0.717, 1.165) is 35.5 Å². The largest absolute Gasteiger partial charge is 0.416 e. The molecule has 2 aromatic heterocycles. The predicted octanol–water partition coefficient (Wildman–Crippen LogP) is 7.87. The van der Waals surface area contributed by atoms with Crippen LogP contribution in [-0.4, -0.2) is 9.55 Å². The van der Waals surface area contributed by atoms with Gasteiger partial charge < -0.3 is 9.55 Å². The summed E-state index contributed by atoms with van der Waals surface area (Å²) >= 11 is 0. The van der Waals surface area contributed by atoms with Gasteiger partial charge in [0.2, 0.25) is 0 Å². The molecule has 0 saturated carbocycles. The smallest absolute Gasteiger partial charge is 0.361 e. The van der Waals surface area contributed by atoms with Crippen molar-refractivity contribution >= 4 is 23.1 Å². The number of benzene rings is 3. The van der Waals surface area contributed by atoms with E-state index in [9.17, 15) is 13.2 Å². The van der Waals surface area contributed by atoms with E-state index in [1.807, 2.05) is 36.5 Å². The monoisotopic (exact) mass is 442 g/mol. The number of fused-ring (bicyclic) bond motifs is 1. The number of alkyl halides is 3. The minimum atomic E-state index is -4.32. The number of halogens is 3. The van der Waals surface area contributed by atoms with Crippen molar-refractivity contribution in [2.24, 2.45) is 0 Å². The molecule has 0 fully saturated rings. The molecular weight excluding hydrogens is 421 g/mol. The van der Waals surface area contributed by atoms with Crippen LogP contribution in [0, 0.1) is 0 Å². The molecule has 0 aliphatic carbocycles. The van der Waals surface area contributed by atoms with E-state index in [1.54, 1.807) is 6.08 Å². The molecule has 1 N–H and O–H groups in total. The molecule has 3 aromatic carbocycles. The number of aromatic nitrogens is 2. The summed E-state index contributed by atoms with van der Waals surface area (Å²) in [4.78, 5) is 3.22. The fraction of sp³-hybridized carbons (Fsp3) is 0.0714. The summed E-state index contributed by atoms with van der Waals surface area (Å²) in [5.41, 5.74) is 5.64. The van der Waals surface area contributed by atoms with Gasteiger partial charge in [-0.15, -0.1) is 0 Å². The molecule has 2 heterocycles. The first kappa shape index (κ1) is 20.9. The van der Waals surface area contributed by atoms with E-state index in [2.05, 4.69) is 52.1 Å². The third-order valence-electron chi connectivity index (χ3n) is 5.69. The Bertz CT molecular complexity index is 1410. The molecule has 0 atom stereocenters. The topological polar surface area (TPSA) is 20.7 Å². The van der Waals surface area contributed by atoms with Gasteiger partial charge in [-0.05, 0) is 64.7 Å². The summed E-state index contributed by atoms with van der Waals surface area (Å²) in [7, 11) is 0. The SMILES string of the molecule is FC(F)(F)c1ccc(/C=C/c2cc(Cn3ccc4cc(-c5ccccc5)ccc43)c[nH]2)cc1. The molecule has 0 radical (unpaired) electrons. The normalized spacial score (nSPS) is 12.1. The van der Waals surface area contributed by atoms with Crippen molar-refractivity contribution < 1.29 is 13.2 Å². The van der Waals surface area contributed by atoms with Gasteiger partial charge in [-0.25, -0.2) is 0 Å². The highest BCUT2D eigenvalue weighted by Crippen LogP contribution is 2.29. The Morgan fingerprint density at radius 1 is 0.788 bits per heavy atom. The van der Waals surface area contributed by atoms with Crippen molar-refractivity contribution in [3.63, 3.8) is 0 Å². The first-order valence-electron chi connectivity index (χ1n) is 10.6. The van der Waals surface area contributed by atoms with Gasteiger partial charge in [0.15, 0.2) is 0 Å². The minimum absolute atomic E-state index is 0.642. The molecule has 0 saturated heterocycles. The number of nitrogens with zero attached hydrogens (tertiary/aromatic N) is 1. The zero-order valence-corrected chi connectivity index (χ0v) is 17.7. The molecule has 33 heavy (non-hydrogen) atoms. The quantitative estimate of drug-likeness (QED) is 0.286. The Morgan fingerprint density at radius 2 is 1.58 bits per heavy atom. The molecule has 0 aliphatic rings. The lowest BCUT2D eigenvalue weighted by Crippen LogP contribution is -2.03. The Kier molecular flexibility index (Phi) is 5.38. The molecule has 2 nitrogen and oxygen atoms in total. The maximum Gasteiger partial charge on any atom is 0.416 e. The molecular formula is C28H21F3N2. The van der Waals surface area contributed by atoms with Crippen LogP contribution in [0.3, 0.4) is 0 Å². The van der Waals surface area contributed by atoms with Crippen molar-refractivity contribution in [1.82, 2.24) is 9.55 Å². The van der Waals surface area contributed by atoms with Gasteiger partial charge in [-0.1, -0.05) is 54.6 Å². The van der Waals surface area contributed by atoms with Crippen LogP contribution in [0.2, 0.25) is 0 Å². The first-order valence-corrected chi connectivity index (χ1v) is 10.6. The second-order valence-electron chi connectivity index (χ2n) is 8.00. The molecule has 0 aliphatic heterocycles. The van der Waals surface area contributed by atoms with Gasteiger partial charge in [0.25, 0.3) is 0 Å². The van der Waals surface area contributed by atoms with Gasteiger partial charge in [0.05, 0.1) is 5.56 Å². The zero-order valence-electron chi connectivity index (χ0n) is 17.7. The van der Waals surface area contributed by atoms with Crippen molar-refractivity contribution in [3.05, 3.63) is 120 Å². The van der Waals surface area contributed by atoms with Crippen molar-refractivity contribution in [2.75, 3.05) is 0 Å². The lowest BCUT2D eigenvalue weighted by molar-refractivity contribution is -0.137. The number of rotatable bonds is 5. The third kappa shape index (κ3) is 4.62. The average molecular weight is 442 g/mol. The standard InChI is InChI=1S/C28H21F3N2/c29-28(30,31)25-10-6-20(7-11-25)8-12-26-16-21(18-32-26)19-33-15-14-24-17-23(9-13-27(24)33)22-4-2-1-3-5-22/h1-18,32H,19H2/b12-8+. The van der Waals surface area contributed by atoms with E-state index in [1.165, 1.54) is 28.6 Å². The van der Waals surface area contributed by atoms with Crippen molar-refractivity contribution in [3.8, 4) is 11.1 Å². The highest BCUT2D eigenvalue weighted by molar-refractivity contribution is 5.85. The van der Waals surface area contributed by atoms with Crippen LogP contribution in [-0.2, 0) is 12.7 Å². The van der Waals surface area contributed by atoms with Gasteiger partial charge in [0.1, 0.15) is 0 Å². The maximum atomic E-state index is 12.7. The van der Waals surface area contributed by atoms with Crippen LogP contribution >= 0.6 is 0 Å². The number of hydrogen-bond acceptors (Lipinski definition) is 0. The maximum absolute atomic E-state index is 12.7. The zero-order chi connectivity index (χ0) is 22.8. The summed E-state index contributed by atoms with van der Waals surface area (Å²) in [5.74, 6) is 0. The van der Waals surface area contributed by atoms with Gasteiger partial charge in [-0.2, -0.15) is 13.2 Å². The van der Waals surface area contributed by atoms with Gasteiger partial charge in [0, 0.05) is 35.5 Å². The van der Waals surface area contributed by atoms with E-state index in [0.29, 0.717) is 5.56 Å². The molecule has 0 unspecified atom stereocenters. The molecule has 0 amide bonds. The van der Waals surface area contributed by atoms with E-state index in [-0.39, 0.29) is 0 Å². The summed E-state index contributed by atoms with van der Waals surface area (Å²) in [6.45, 7) is 0.721. The Morgan fingerprint density at radius 3 is 2.33 bits per heavy atom. The van der Waals surface area contributed by atoms with Crippen LogP contribution in [0.25, 0.3) is 34.2 Å². The Hall–Kier alpha value is -3.99. The molecule has 0 spiro atoms. The Labute approximate surface area is 189 Å². The Balaban J connectivity index is 1.30. The second-order valence-corrected chi connectivity index (χ2v) is 8.00. The molecule has 5 heteroatoms. The number of nitrogens with one attached hydrogen (secondary N) is 1. The molecule has 5 aromatic rings. The van der Waals surface area contributed by atoms with Crippen LogP contribution in [0.5, 0.6) is 0 Å². The highest BCUT2D eigenvalue weighted by atomic mass is 19.4. The van der Waals surface area contributed by atoms with Crippen molar-refractivity contribution in [1.29, 1.82) is 0 Å². The summed E-state index contributed by atoms with van der Waals surface area (Å²) in [6, 6.07) is 26.1.